The second kappa shape index (κ2) is 6.42. The third-order valence-electron chi connectivity index (χ3n) is 4.82. The fourth-order valence-electron chi connectivity index (χ4n) is 3.17. The number of rotatable bonds is 5. The average molecular weight is 376 g/mol. The smallest absolute Gasteiger partial charge is 0.263 e. The molecule has 0 saturated heterocycles. The molecule has 0 fully saturated rings. The van der Waals surface area contributed by atoms with Crippen LogP contribution in [0.15, 0.2) is 35.4 Å². The van der Waals surface area contributed by atoms with Gasteiger partial charge in [-0.15, -0.1) is 0 Å². The van der Waals surface area contributed by atoms with Crippen molar-refractivity contribution in [3.63, 3.8) is 0 Å². The Hall–Kier alpha value is -2.35. The molecule has 0 spiro atoms. The fourth-order valence-corrected chi connectivity index (χ4v) is 4.24. The Balaban J connectivity index is 1.97. The molecule has 1 atom stereocenters. The minimum atomic E-state index is -3.77. The first-order valence-electron chi connectivity index (χ1n) is 8.65. The summed E-state index contributed by atoms with van der Waals surface area (Å²) in [6, 6.07) is 6.52. The van der Waals surface area contributed by atoms with Crippen LogP contribution >= 0.6 is 0 Å². The molecule has 2 heterocycles. The quantitative estimate of drug-likeness (QED) is 0.837. The van der Waals surface area contributed by atoms with E-state index in [4.69, 9.17) is 0 Å². The first-order valence-corrected chi connectivity index (χ1v) is 10.1. The summed E-state index contributed by atoms with van der Waals surface area (Å²) in [5.41, 5.74) is 1.05. The van der Waals surface area contributed by atoms with Crippen molar-refractivity contribution in [2.75, 3.05) is 10.0 Å². The maximum absolute atomic E-state index is 12.9. The number of hydrogen-bond acceptors (Lipinski definition) is 4. The Bertz CT molecular complexity index is 947. The Labute approximate surface area is 153 Å². The number of aromatic nitrogens is 2. The summed E-state index contributed by atoms with van der Waals surface area (Å²) in [7, 11) is -3.77. The summed E-state index contributed by atoms with van der Waals surface area (Å²) < 4.78 is 30.1. The zero-order chi connectivity index (χ0) is 19.1. The van der Waals surface area contributed by atoms with Gasteiger partial charge in [0.1, 0.15) is 5.82 Å². The molecule has 3 rings (SSSR count). The van der Waals surface area contributed by atoms with E-state index in [1.165, 1.54) is 6.07 Å². The van der Waals surface area contributed by atoms with E-state index in [0.29, 0.717) is 17.9 Å². The second-order valence-electron chi connectivity index (χ2n) is 7.34. The highest BCUT2D eigenvalue weighted by molar-refractivity contribution is 7.92. The summed E-state index contributed by atoms with van der Waals surface area (Å²) >= 11 is 0. The van der Waals surface area contributed by atoms with E-state index in [9.17, 15) is 13.2 Å². The van der Waals surface area contributed by atoms with Gasteiger partial charge < -0.3 is 5.32 Å². The van der Waals surface area contributed by atoms with Gasteiger partial charge in [0.2, 0.25) is 5.91 Å². The van der Waals surface area contributed by atoms with Crippen LogP contribution in [0.25, 0.3) is 0 Å². The van der Waals surface area contributed by atoms with Crippen molar-refractivity contribution in [1.82, 2.24) is 9.78 Å². The van der Waals surface area contributed by atoms with Crippen LogP contribution in [0.4, 0.5) is 11.5 Å². The topological polar surface area (TPSA) is 93.1 Å². The van der Waals surface area contributed by atoms with E-state index in [-0.39, 0.29) is 16.8 Å². The van der Waals surface area contributed by atoms with Gasteiger partial charge in [-0.1, -0.05) is 20.8 Å². The molecule has 1 amide bonds. The van der Waals surface area contributed by atoms with Crippen molar-refractivity contribution in [3.05, 3.63) is 36.0 Å². The summed E-state index contributed by atoms with van der Waals surface area (Å²) in [4.78, 5) is 12.0. The van der Waals surface area contributed by atoms with Gasteiger partial charge in [-0.2, -0.15) is 5.10 Å². The van der Waals surface area contributed by atoms with Crippen LogP contribution in [0.5, 0.6) is 0 Å². The minimum Gasteiger partial charge on any atom is -0.326 e. The normalized spacial score (nSPS) is 17.3. The largest absolute Gasteiger partial charge is 0.326 e. The van der Waals surface area contributed by atoms with E-state index < -0.39 is 15.4 Å². The van der Waals surface area contributed by atoms with Crippen LogP contribution in [0.2, 0.25) is 0 Å². The summed E-state index contributed by atoms with van der Waals surface area (Å²) in [6.07, 6.45) is 2.73. The fraction of sp³-hybridized carbons (Fsp3) is 0.444. The zero-order valence-corrected chi connectivity index (χ0v) is 16.2. The molecule has 2 aromatic rings. The van der Waals surface area contributed by atoms with Gasteiger partial charge in [0, 0.05) is 23.6 Å². The van der Waals surface area contributed by atoms with Gasteiger partial charge in [-0.3, -0.25) is 9.52 Å². The number of anilines is 2. The number of nitrogens with zero attached hydrogens (tertiary/aromatic N) is 2. The van der Waals surface area contributed by atoms with Crippen LogP contribution in [-0.2, 0) is 20.2 Å². The molecule has 1 aliphatic rings. The maximum atomic E-state index is 12.9. The number of nitrogens with one attached hydrogen (secondary N) is 2. The highest BCUT2D eigenvalue weighted by atomic mass is 32.2. The van der Waals surface area contributed by atoms with Crippen LogP contribution in [0.1, 0.15) is 52.1 Å². The number of carbonyl (C=O) groups is 1. The predicted octanol–water partition coefficient (Wildman–Crippen LogP) is 3.27. The van der Waals surface area contributed by atoms with E-state index >= 15 is 0 Å². The first kappa shape index (κ1) is 18.4. The molecule has 0 saturated carbocycles. The Morgan fingerprint density at radius 1 is 1.35 bits per heavy atom. The highest BCUT2D eigenvalue weighted by Crippen LogP contribution is 2.38. The van der Waals surface area contributed by atoms with E-state index in [2.05, 4.69) is 15.1 Å². The van der Waals surface area contributed by atoms with E-state index in [1.54, 1.807) is 29.1 Å². The van der Waals surface area contributed by atoms with Gasteiger partial charge in [-0.05, 0) is 37.1 Å². The van der Waals surface area contributed by atoms with Crippen LogP contribution in [0, 0.1) is 0 Å². The standard InChI is InChI=1S/C18H24N4O3S/c1-5-12(2)22-16(8-9-19-22)21-26(24,25)13-6-7-15-14(10-13)18(3,4)11-17(23)20-15/h6-10,12,21H,5,11H2,1-4H3,(H,20,23). The van der Waals surface area contributed by atoms with Crippen LogP contribution < -0.4 is 10.0 Å². The van der Waals surface area contributed by atoms with Gasteiger partial charge in [0.15, 0.2) is 0 Å². The number of hydrogen-bond donors (Lipinski definition) is 2. The molecule has 0 radical (unpaired) electrons. The number of benzene rings is 1. The highest BCUT2D eigenvalue weighted by Gasteiger charge is 2.33. The molecule has 140 valence electrons. The maximum Gasteiger partial charge on any atom is 0.263 e. The lowest BCUT2D eigenvalue weighted by Gasteiger charge is -2.32. The zero-order valence-electron chi connectivity index (χ0n) is 15.4. The number of sulfonamides is 1. The average Bonchev–Trinajstić information content (AvgIpc) is 3.00. The third-order valence-corrected chi connectivity index (χ3v) is 6.18. The van der Waals surface area contributed by atoms with Crippen molar-refractivity contribution < 1.29 is 13.2 Å². The predicted molar refractivity (Wildman–Crippen MR) is 101 cm³/mol. The van der Waals surface area contributed by atoms with Crippen LogP contribution in [-0.4, -0.2) is 24.1 Å². The molecule has 26 heavy (non-hydrogen) atoms. The molecule has 1 unspecified atom stereocenters. The molecule has 1 aromatic heterocycles. The van der Waals surface area contributed by atoms with Crippen LogP contribution in [0.3, 0.4) is 0 Å². The first-order chi connectivity index (χ1) is 12.1. The SMILES string of the molecule is CCC(C)n1nccc1NS(=O)(=O)c1ccc2c(c1)C(C)(C)CC(=O)N2. The Morgan fingerprint density at radius 3 is 2.77 bits per heavy atom. The van der Waals surface area contributed by atoms with Crippen molar-refractivity contribution >= 4 is 27.4 Å². The molecule has 0 aliphatic carbocycles. The minimum absolute atomic E-state index is 0.0614. The van der Waals surface area contributed by atoms with Gasteiger partial charge in [0.05, 0.1) is 17.1 Å². The molecule has 1 aromatic carbocycles. The number of amides is 1. The van der Waals surface area contributed by atoms with Crippen molar-refractivity contribution in [1.29, 1.82) is 0 Å². The monoisotopic (exact) mass is 376 g/mol. The molecular formula is C18H24N4O3S. The van der Waals surface area contributed by atoms with Crippen molar-refractivity contribution in [2.45, 2.75) is 56.9 Å². The Morgan fingerprint density at radius 2 is 2.08 bits per heavy atom. The molecule has 8 heteroatoms. The van der Waals surface area contributed by atoms with Crippen molar-refractivity contribution in [2.24, 2.45) is 0 Å². The molecule has 0 bridgehead atoms. The third kappa shape index (κ3) is 3.33. The molecule has 2 N–H and O–H groups in total. The summed E-state index contributed by atoms with van der Waals surface area (Å²) in [5.74, 6) is 0.373. The summed E-state index contributed by atoms with van der Waals surface area (Å²) in [6.45, 7) is 7.87. The molecule has 1 aliphatic heterocycles. The second-order valence-corrected chi connectivity index (χ2v) is 9.02. The lowest BCUT2D eigenvalue weighted by Crippen LogP contribution is -2.32. The number of fused-ring (bicyclic) bond motifs is 1. The molecular weight excluding hydrogens is 352 g/mol. The van der Waals surface area contributed by atoms with E-state index in [1.807, 2.05) is 27.7 Å². The summed E-state index contributed by atoms with van der Waals surface area (Å²) in [5, 5.41) is 7.01. The molecule has 7 nitrogen and oxygen atoms in total. The Kier molecular flexibility index (Phi) is 4.56. The van der Waals surface area contributed by atoms with Gasteiger partial charge in [0.25, 0.3) is 10.0 Å². The van der Waals surface area contributed by atoms with Crippen molar-refractivity contribution in [3.8, 4) is 0 Å². The van der Waals surface area contributed by atoms with Gasteiger partial charge in [-0.25, -0.2) is 13.1 Å². The lowest BCUT2D eigenvalue weighted by atomic mass is 9.78. The lowest BCUT2D eigenvalue weighted by molar-refractivity contribution is -0.117. The van der Waals surface area contributed by atoms with Gasteiger partial charge >= 0.3 is 0 Å². The number of carbonyl (C=O) groups excluding carboxylic acids is 1. The van der Waals surface area contributed by atoms with E-state index in [0.717, 1.165) is 12.0 Å².